The van der Waals surface area contributed by atoms with E-state index in [1.807, 2.05) is 12.3 Å². The number of rotatable bonds is 4. The molecule has 2 aromatic heterocycles. The van der Waals surface area contributed by atoms with Crippen LogP contribution in [0.3, 0.4) is 0 Å². The Morgan fingerprint density at radius 3 is 2.82 bits per heavy atom. The van der Waals surface area contributed by atoms with Crippen LogP contribution in [0.1, 0.15) is 10.6 Å². The number of nitrogens with zero attached hydrogens (tertiary/aromatic N) is 1. The third kappa shape index (κ3) is 3.14. The lowest BCUT2D eigenvalue weighted by Gasteiger charge is -2.01. The van der Waals surface area contributed by atoms with Crippen molar-refractivity contribution in [2.45, 2.75) is 17.7 Å². The second kappa shape index (κ2) is 5.15. The first-order valence-corrected chi connectivity index (χ1v) is 8.60. The molecule has 0 aliphatic heterocycles. The number of hydrogen-bond acceptors (Lipinski definition) is 5. The Morgan fingerprint density at radius 1 is 1.53 bits per heavy atom. The first kappa shape index (κ1) is 13.2. The smallest absolute Gasteiger partial charge is 0.248 e. The molecule has 2 aromatic rings. The molecule has 0 amide bonds. The normalized spacial score (nSPS) is 11.9. The summed E-state index contributed by atoms with van der Waals surface area (Å²) in [6.45, 7) is 2.09. The Hall–Kier alpha value is -0.280. The number of aromatic nitrogens is 1. The van der Waals surface area contributed by atoms with E-state index in [0.29, 0.717) is 4.21 Å². The van der Waals surface area contributed by atoms with Gasteiger partial charge in [-0.15, -0.1) is 22.7 Å². The monoisotopic (exact) mass is 352 g/mol. The average Bonchev–Trinajstić information content (AvgIpc) is 2.87. The topological polar surface area (TPSA) is 59.1 Å². The highest BCUT2D eigenvalue weighted by Gasteiger charge is 2.18. The third-order valence-corrected chi connectivity index (χ3v) is 6.79. The number of thiophene rings is 1. The van der Waals surface area contributed by atoms with E-state index in [1.54, 1.807) is 12.3 Å². The molecule has 0 aliphatic rings. The molecule has 0 atom stereocenters. The molecule has 0 spiro atoms. The molecule has 0 unspecified atom stereocenters. The highest BCUT2D eigenvalue weighted by Crippen LogP contribution is 2.30. The van der Waals surface area contributed by atoms with Crippen molar-refractivity contribution in [3.63, 3.8) is 0 Å². The van der Waals surface area contributed by atoms with Gasteiger partial charge in [-0.2, -0.15) is 0 Å². The minimum absolute atomic E-state index is 0.231. The van der Waals surface area contributed by atoms with Gasteiger partial charge in [0, 0.05) is 11.6 Å². The molecule has 0 saturated carbocycles. The highest BCUT2D eigenvalue weighted by molar-refractivity contribution is 9.11. The summed E-state index contributed by atoms with van der Waals surface area (Å²) in [7, 11) is -3.43. The summed E-state index contributed by atoms with van der Waals surface area (Å²) in [5.41, 5.74) is 0.921. The molecule has 4 nitrogen and oxygen atoms in total. The lowest BCUT2D eigenvalue weighted by atomic mass is 10.4. The summed E-state index contributed by atoms with van der Waals surface area (Å²) in [4.78, 5) is 4.02. The van der Waals surface area contributed by atoms with Crippen molar-refractivity contribution in [3.05, 3.63) is 32.0 Å². The second-order valence-electron chi connectivity index (χ2n) is 3.27. The quantitative estimate of drug-likeness (QED) is 0.920. The van der Waals surface area contributed by atoms with Gasteiger partial charge in [-0.3, -0.25) is 0 Å². The number of aryl methyl sites for hydroxylation is 1. The Morgan fingerprint density at radius 2 is 2.29 bits per heavy atom. The van der Waals surface area contributed by atoms with Crippen molar-refractivity contribution in [1.82, 2.24) is 9.71 Å². The van der Waals surface area contributed by atoms with Crippen molar-refractivity contribution in [2.24, 2.45) is 0 Å². The molecule has 0 bridgehead atoms. The summed E-state index contributed by atoms with van der Waals surface area (Å²) < 4.78 is 27.6. The van der Waals surface area contributed by atoms with E-state index in [4.69, 9.17) is 0 Å². The van der Waals surface area contributed by atoms with Gasteiger partial charge in [-0.25, -0.2) is 18.1 Å². The fourth-order valence-corrected chi connectivity index (χ4v) is 5.04. The predicted molar refractivity (Wildman–Crippen MR) is 72.9 cm³/mol. The molecule has 0 radical (unpaired) electrons. The summed E-state index contributed by atoms with van der Waals surface area (Å²) in [5, 5.41) is 2.57. The van der Waals surface area contributed by atoms with Gasteiger partial charge in [0.25, 0.3) is 0 Å². The first-order chi connectivity index (χ1) is 7.99. The van der Waals surface area contributed by atoms with Crippen LogP contribution < -0.4 is 4.72 Å². The molecule has 8 heteroatoms. The van der Waals surface area contributed by atoms with E-state index < -0.39 is 10.0 Å². The molecule has 0 aromatic carbocycles. The number of nitrogens with one attached hydrogen (secondary N) is 1. The Labute approximate surface area is 116 Å². The number of sulfonamides is 1. The summed E-state index contributed by atoms with van der Waals surface area (Å²) in [6.07, 6.45) is 1.65. The van der Waals surface area contributed by atoms with Gasteiger partial charge in [-0.05, 0) is 34.5 Å². The molecular formula is C9H9BrN2O2S3. The lowest BCUT2D eigenvalue weighted by Crippen LogP contribution is -2.22. The summed E-state index contributed by atoms with van der Waals surface area (Å²) in [6, 6.07) is 1.65. The van der Waals surface area contributed by atoms with Crippen molar-refractivity contribution in [3.8, 4) is 0 Å². The maximum atomic E-state index is 11.9. The predicted octanol–water partition coefficient (Wildman–Crippen LogP) is 2.75. The maximum absolute atomic E-state index is 11.9. The van der Waals surface area contributed by atoms with Crippen LogP contribution in [0.4, 0.5) is 0 Å². The van der Waals surface area contributed by atoms with Crippen LogP contribution in [0, 0.1) is 6.92 Å². The van der Waals surface area contributed by atoms with E-state index in [-0.39, 0.29) is 6.54 Å². The van der Waals surface area contributed by atoms with Crippen LogP contribution in [0.5, 0.6) is 0 Å². The number of hydrogen-bond donors (Lipinski definition) is 1. The van der Waals surface area contributed by atoms with Gasteiger partial charge in [0.1, 0.15) is 9.22 Å². The Kier molecular flexibility index (Phi) is 3.99. The SMILES string of the molecule is Cc1cc(S(=O)(=O)NCc2nccs2)sc1Br. The highest BCUT2D eigenvalue weighted by atomic mass is 79.9. The number of halogens is 1. The maximum Gasteiger partial charge on any atom is 0.250 e. The minimum atomic E-state index is -3.43. The van der Waals surface area contributed by atoms with E-state index in [0.717, 1.165) is 14.4 Å². The van der Waals surface area contributed by atoms with Crippen LogP contribution >= 0.6 is 38.6 Å². The van der Waals surface area contributed by atoms with Crippen LogP contribution in [-0.4, -0.2) is 13.4 Å². The molecule has 2 heterocycles. The third-order valence-electron chi connectivity index (χ3n) is 2.00. The van der Waals surface area contributed by atoms with Gasteiger partial charge in [-0.1, -0.05) is 0 Å². The lowest BCUT2D eigenvalue weighted by molar-refractivity contribution is 0.583. The van der Waals surface area contributed by atoms with Gasteiger partial charge in [0.15, 0.2) is 0 Å². The van der Waals surface area contributed by atoms with Crippen LogP contribution in [-0.2, 0) is 16.6 Å². The van der Waals surface area contributed by atoms with E-state index in [9.17, 15) is 8.42 Å². The van der Waals surface area contributed by atoms with Crippen molar-refractivity contribution >= 4 is 48.6 Å². The van der Waals surface area contributed by atoms with Crippen LogP contribution in [0.25, 0.3) is 0 Å². The molecule has 1 N–H and O–H groups in total. The van der Waals surface area contributed by atoms with Crippen LogP contribution in [0.2, 0.25) is 0 Å². The van der Waals surface area contributed by atoms with Crippen molar-refractivity contribution < 1.29 is 8.42 Å². The van der Waals surface area contributed by atoms with Gasteiger partial charge < -0.3 is 0 Å². The zero-order valence-electron chi connectivity index (χ0n) is 8.81. The fraction of sp³-hybridized carbons (Fsp3) is 0.222. The van der Waals surface area contributed by atoms with E-state index >= 15 is 0 Å². The zero-order valence-corrected chi connectivity index (χ0v) is 12.8. The largest absolute Gasteiger partial charge is 0.250 e. The zero-order chi connectivity index (χ0) is 12.5. The Bertz CT molecular complexity index is 585. The second-order valence-corrected chi connectivity index (χ2v) is 8.62. The molecule has 2 rings (SSSR count). The molecule has 17 heavy (non-hydrogen) atoms. The summed E-state index contributed by atoms with van der Waals surface area (Å²) in [5.74, 6) is 0. The molecular weight excluding hydrogens is 344 g/mol. The molecule has 92 valence electrons. The average molecular weight is 353 g/mol. The molecule has 0 aliphatic carbocycles. The van der Waals surface area contributed by atoms with Crippen molar-refractivity contribution in [1.29, 1.82) is 0 Å². The van der Waals surface area contributed by atoms with Gasteiger partial charge in [0.2, 0.25) is 10.0 Å². The summed E-state index contributed by atoms with van der Waals surface area (Å²) >= 11 is 5.95. The number of thiazole rings is 1. The first-order valence-electron chi connectivity index (χ1n) is 4.63. The van der Waals surface area contributed by atoms with E-state index in [1.165, 1.54) is 22.7 Å². The van der Waals surface area contributed by atoms with Crippen molar-refractivity contribution in [2.75, 3.05) is 0 Å². The molecule has 0 saturated heterocycles. The minimum Gasteiger partial charge on any atom is -0.248 e. The van der Waals surface area contributed by atoms with Gasteiger partial charge >= 0.3 is 0 Å². The van der Waals surface area contributed by atoms with Crippen LogP contribution in [0.15, 0.2) is 25.6 Å². The fourth-order valence-electron chi connectivity index (χ4n) is 1.13. The van der Waals surface area contributed by atoms with E-state index in [2.05, 4.69) is 25.6 Å². The molecule has 0 fully saturated rings. The van der Waals surface area contributed by atoms with Gasteiger partial charge in [0.05, 0.1) is 10.3 Å². The standard InChI is InChI=1S/C9H9BrN2O2S3/c1-6-4-8(16-9(6)10)17(13,14)12-5-7-11-2-3-15-7/h2-4,12H,5H2,1H3. The Balaban J connectivity index is 2.14.